The number of rotatable bonds is 24. The van der Waals surface area contributed by atoms with Crippen LogP contribution in [0, 0.1) is 11.8 Å². The first-order chi connectivity index (χ1) is 15.9. The smallest absolute Gasteiger partial charge is 0.0267 e. The van der Waals surface area contributed by atoms with E-state index in [-0.39, 0.29) is 0 Å². The second kappa shape index (κ2) is 22.4. The van der Waals surface area contributed by atoms with Crippen LogP contribution in [0.1, 0.15) is 27.2 Å². The van der Waals surface area contributed by atoms with Crippen molar-refractivity contribution in [2.24, 2.45) is 34.8 Å². The first kappa shape index (κ1) is 32.9. The number of halogens is 1. The molecule has 0 radical (unpaired) electrons. The molecule has 0 saturated carbocycles. The molecule has 200 valence electrons. The van der Waals surface area contributed by atoms with Crippen molar-refractivity contribution in [2.45, 2.75) is 27.2 Å². The van der Waals surface area contributed by atoms with Gasteiger partial charge in [0.05, 0.1) is 0 Å². The van der Waals surface area contributed by atoms with Crippen LogP contribution < -0.4 is 28.3 Å². The van der Waals surface area contributed by atoms with E-state index in [1.807, 2.05) is 4.42 Å². The van der Waals surface area contributed by atoms with Crippen molar-refractivity contribution in [1.82, 2.24) is 24.4 Å². The zero-order valence-corrected chi connectivity index (χ0v) is 22.6. The van der Waals surface area contributed by atoms with Gasteiger partial charge in [0, 0.05) is 105 Å². The molecule has 33 heavy (non-hydrogen) atoms. The highest BCUT2D eigenvalue weighted by Crippen LogP contribution is 2.09. The summed E-state index contributed by atoms with van der Waals surface area (Å²) in [6.07, 6.45) is 1.26. The lowest BCUT2D eigenvalue weighted by atomic mass is 9.99. The highest BCUT2D eigenvalue weighted by Gasteiger charge is 2.12. The van der Waals surface area contributed by atoms with Crippen LogP contribution in [0.2, 0.25) is 0 Å². The van der Waals surface area contributed by atoms with Crippen molar-refractivity contribution in [1.29, 1.82) is 0 Å². The first-order valence-corrected chi connectivity index (χ1v) is 13.3. The average molecular weight is 494 g/mol. The number of hydrogen-bond donors (Lipinski definition) is 5. The minimum absolute atomic E-state index is 0.642. The van der Waals surface area contributed by atoms with E-state index in [9.17, 15) is 0 Å². The normalized spacial score (nSPS) is 13.4. The van der Waals surface area contributed by atoms with Gasteiger partial charge in [-0.1, -0.05) is 20.8 Å². The van der Waals surface area contributed by atoms with Crippen LogP contribution in [-0.4, -0.2) is 130 Å². The van der Waals surface area contributed by atoms with Crippen molar-refractivity contribution >= 4 is 11.8 Å². The Bertz CT molecular complexity index is 411. The SMILES string of the molecule is CC(C)CC(C)CNCCN(CCN)CCN(Cl)CCN(CCN)CCN(CCN)CCN. The predicted molar refractivity (Wildman–Crippen MR) is 144 cm³/mol. The summed E-state index contributed by atoms with van der Waals surface area (Å²) >= 11 is 6.54. The second-order valence-corrected chi connectivity index (χ2v) is 10.0. The van der Waals surface area contributed by atoms with Crippen molar-refractivity contribution in [2.75, 3.05) is 111 Å². The third kappa shape index (κ3) is 19.9. The maximum atomic E-state index is 6.54. The van der Waals surface area contributed by atoms with Gasteiger partial charge in [-0.2, -0.15) is 0 Å². The molecular formula is C23H56ClN9. The predicted octanol–water partition coefficient (Wildman–Crippen LogP) is -0.545. The van der Waals surface area contributed by atoms with Crippen molar-refractivity contribution < 1.29 is 0 Å². The number of nitrogens with two attached hydrogens (primary N) is 4. The molecular weight excluding hydrogens is 438 g/mol. The summed E-state index contributed by atoms with van der Waals surface area (Å²) in [6.45, 7) is 21.4. The fraction of sp³-hybridized carbons (Fsp3) is 1.00. The number of hydrogen-bond acceptors (Lipinski definition) is 9. The molecule has 0 saturated heterocycles. The minimum atomic E-state index is 0.642. The van der Waals surface area contributed by atoms with Gasteiger partial charge in [0.2, 0.25) is 0 Å². The van der Waals surface area contributed by atoms with Gasteiger partial charge in [-0.25, -0.2) is 4.42 Å². The summed E-state index contributed by atoms with van der Waals surface area (Å²) in [5, 5.41) is 3.60. The summed E-state index contributed by atoms with van der Waals surface area (Å²) in [5.41, 5.74) is 23.1. The first-order valence-electron chi connectivity index (χ1n) is 12.9. The van der Waals surface area contributed by atoms with Crippen LogP contribution >= 0.6 is 11.8 Å². The molecule has 0 aromatic rings. The molecule has 9 nitrogen and oxygen atoms in total. The molecule has 1 atom stereocenters. The van der Waals surface area contributed by atoms with E-state index in [1.54, 1.807) is 0 Å². The maximum Gasteiger partial charge on any atom is 0.0267 e. The molecule has 10 heteroatoms. The molecule has 0 aromatic heterocycles. The van der Waals surface area contributed by atoms with Gasteiger partial charge < -0.3 is 28.3 Å². The molecule has 0 fully saturated rings. The highest BCUT2D eigenvalue weighted by atomic mass is 35.5. The number of nitrogens with zero attached hydrogens (tertiary/aromatic N) is 4. The van der Waals surface area contributed by atoms with Crippen LogP contribution in [0.15, 0.2) is 0 Å². The van der Waals surface area contributed by atoms with E-state index in [0.29, 0.717) is 32.1 Å². The third-order valence-electron chi connectivity index (χ3n) is 5.80. The lowest BCUT2D eigenvalue weighted by Gasteiger charge is -2.28. The van der Waals surface area contributed by atoms with Crippen LogP contribution in [-0.2, 0) is 0 Å². The van der Waals surface area contributed by atoms with E-state index in [2.05, 4.69) is 40.8 Å². The lowest BCUT2D eigenvalue weighted by molar-refractivity contribution is 0.198. The van der Waals surface area contributed by atoms with Crippen LogP contribution in [0.5, 0.6) is 0 Å². The van der Waals surface area contributed by atoms with Crippen molar-refractivity contribution in [3.63, 3.8) is 0 Å². The number of nitrogens with one attached hydrogen (secondary N) is 1. The van der Waals surface area contributed by atoms with Crippen LogP contribution in [0.3, 0.4) is 0 Å². The van der Waals surface area contributed by atoms with Gasteiger partial charge in [-0.05, 0) is 36.6 Å². The summed E-state index contributed by atoms with van der Waals surface area (Å²) in [6, 6.07) is 0. The summed E-state index contributed by atoms with van der Waals surface area (Å²) in [7, 11) is 0. The molecule has 0 heterocycles. The fourth-order valence-corrected chi connectivity index (χ4v) is 4.26. The quantitative estimate of drug-likeness (QED) is 0.0888. The van der Waals surface area contributed by atoms with Crippen molar-refractivity contribution in [3.05, 3.63) is 0 Å². The molecule has 0 spiro atoms. The summed E-state index contributed by atoms with van der Waals surface area (Å²) < 4.78 is 1.89. The van der Waals surface area contributed by atoms with E-state index in [4.69, 9.17) is 34.7 Å². The Balaban J connectivity index is 4.26. The van der Waals surface area contributed by atoms with Crippen molar-refractivity contribution in [3.8, 4) is 0 Å². The molecule has 0 aliphatic carbocycles. The average Bonchev–Trinajstić information content (AvgIpc) is 2.76. The standard InChI is InChI=1S/C23H56ClN9/c1-22(2)20-23(3)21-29-8-13-31(11-6-27)16-18-33(24)19-17-32(12-7-28)15-14-30(9-4-25)10-5-26/h22-23,29H,4-21,25-28H2,1-3H3. The largest absolute Gasteiger partial charge is 0.329 e. The molecule has 0 aliphatic rings. The topological polar surface area (TPSA) is 129 Å². The summed E-state index contributed by atoms with van der Waals surface area (Å²) in [5.74, 6) is 1.46. The Kier molecular flexibility index (Phi) is 22.4. The second-order valence-electron chi connectivity index (χ2n) is 9.53. The van der Waals surface area contributed by atoms with Gasteiger partial charge in [-0.15, -0.1) is 0 Å². The molecule has 0 amide bonds. The zero-order valence-electron chi connectivity index (χ0n) is 21.9. The van der Waals surface area contributed by atoms with Crippen LogP contribution in [0.4, 0.5) is 0 Å². The molecule has 0 bridgehead atoms. The molecule has 0 aliphatic heterocycles. The van der Waals surface area contributed by atoms with Crippen LogP contribution in [0.25, 0.3) is 0 Å². The molecule has 9 N–H and O–H groups in total. The fourth-order valence-electron chi connectivity index (χ4n) is 4.10. The van der Waals surface area contributed by atoms with E-state index in [1.165, 1.54) is 6.42 Å². The Morgan fingerprint density at radius 1 is 0.606 bits per heavy atom. The van der Waals surface area contributed by atoms with E-state index >= 15 is 0 Å². The van der Waals surface area contributed by atoms with Gasteiger partial charge >= 0.3 is 0 Å². The van der Waals surface area contributed by atoms with E-state index < -0.39 is 0 Å². The maximum absolute atomic E-state index is 6.54. The van der Waals surface area contributed by atoms with Gasteiger partial charge in [0.25, 0.3) is 0 Å². The Hall–Kier alpha value is -0.0700. The van der Waals surface area contributed by atoms with Gasteiger partial charge in [0.1, 0.15) is 0 Å². The summed E-state index contributed by atoms with van der Waals surface area (Å²) in [4.78, 5) is 7.07. The Morgan fingerprint density at radius 3 is 1.42 bits per heavy atom. The zero-order chi connectivity index (χ0) is 24.9. The van der Waals surface area contributed by atoms with Gasteiger partial charge in [-0.3, -0.25) is 14.7 Å². The minimum Gasteiger partial charge on any atom is -0.329 e. The van der Waals surface area contributed by atoms with E-state index in [0.717, 1.165) is 91.0 Å². The van der Waals surface area contributed by atoms with Gasteiger partial charge in [0.15, 0.2) is 0 Å². The Labute approximate surface area is 209 Å². The third-order valence-corrected chi connectivity index (χ3v) is 6.14. The molecule has 0 rings (SSSR count). The lowest BCUT2D eigenvalue weighted by Crippen LogP contribution is -2.44. The Morgan fingerprint density at radius 2 is 1.00 bits per heavy atom. The highest BCUT2D eigenvalue weighted by molar-refractivity contribution is 6.13. The monoisotopic (exact) mass is 493 g/mol. The molecule has 0 aromatic carbocycles. The molecule has 1 unspecified atom stereocenters.